The monoisotopic (exact) mass is 427 g/mol. The van der Waals surface area contributed by atoms with Gasteiger partial charge in [-0.15, -0.1) is 0 Å². The molecule has 0 spiro atoms. The smallest absolute Gasteiger partial charge is 0.433 e. The molecule has 31 heavy (non-hydrogen) atoms. The van der Waals surface area contributed by atoms with Gasteiger partial charge in [0.1, 0.15) is 12.3 Å². The summed E-state index contributed by atoms with van der Waals surface area (Å²) in [6, 6.07) is 8.43. The largest absolute Gasteiger partial charge is 0.475 e. The third-order valence-corrected chi connectivity index (χ3v) is 5.30. The highest BCUT2D eigenvalue weighted by molar-refractivity contribution is 6.08. The Morgan fingerprint density at radius 3 is 2.68 bits per heavy atom. The lowest BCUT2D eigenvalue weighted by molar-refractivity contribution is -0.141. The minimum atomic E-state index is -4.57. The van der Waals surface area contributed by atoms with Crippen molar-refractivity contribution in [2.75, 3.05) is 6.61 Å². The molecule has 0 unspecified atom stereocenters. The second-order valence-electron chi connectivity index (χ2n) is 7.34. The van der Waals surface area contributed by atoms with Crippen LogP contribution in [-0.2, 0) is 6.18 Å². The molecule has 0 saturated carbocycles. The molecule has 0 radical (unpaired) electrons. The van der Waals surface area contributed by atoms with E-state index in [4.69, 9.17) is 4.74 Å². The number of rotatable bonds is 1. The van der Waals surface area contributed by atoms with Gasteiger partial charge in [-0.05, 0) is 32.0 Å². The fraction of sp³-hybridized carbons (Fsp3) is 0.238. The van der Waals surface area contributed by atoms with E-state index in [0.717, 1.165) is 28.0 Å². The van der Waals surface area contributed by atoms with Gasteiger partial charge in [-0.3, -0.25) is 4.98 Å². The van der Waals surface area contributed by atoms with Crippen LogP contribution in [0.5, 0.6) is 5.88 Å². The Balaban J connectivity index is 1.53. The third-order valence-electron chi connectivity index (χ3n) is 5.30. The minimum Gasteiger partial charge on any atom is -0.475 e. The number of pyridine rings is 2. The van der Waals surface area contributed by atoms with Crippen molar-refractivity contribution in [1.82, 2.24) is 25.1 Å². The number of aromatic nitrogens is 4. The molecule has 4 aromatic rings. The number of hydrogen-bond donors (Lipinski definition) is 1. The number of carbonyl (C=O) groups is 1. The van der Waals surface area contributed by atoms with Gasteiger partial charge in [-0.25, -0.2) is 9.78 Å². The lowest BCUT2D eigenvalue weighted by Gasteiger charge is -2.13. The van der Waals surface area contributed by atoms with Crippen LogP contribution in [0, 0.1) is 13.8 Å². The van der Waals surface area contributed by atoms with Gasteiger partial charge in [-0.1, -0.05) is 18.2 Å². The normalized spacial score (nSPS) is 15.8. The van der Waals surface area contributed by atoms with Gasteiger partial charge in [0.15, 0.2) is 0 Å². The van der Waals surface area contributed by atoms with E-state index in [2.05, 4.69) is 20.4 Å². The maximum atomic E-state index is 13.1. The van der Waals surface area contributed by atoms with Crippen molar-refractivity contribution in [2.45, 2.75) is 26.1 Å². The van der Waals surface area contributed by atoms with E-state index in [9.17, 15) is 18.0 Å². The lowest BCUT2D eigenvalue weighted by atomic mass is 10.1. The first kappa shape index (κ1) is 19.3. The summed E-state index contributed by atoms with van der Waals surface area (Å²) < 4.78 is 45.2. The number of amides is 1. The molecule has 1 N–H and O–H groups in total. The first-order valence-electron chi connectivity index (χ1n) is 9.50. The SMILES string of the molecule is Cc1nc2ccccc2c2c1c(C)nn2C(=O)N[C@H]1COc2nc(C(F)(F)F)ccc21. The van der Waals surface area contributed by atoms with Crippen LogP contribution in [-0.4, -0.2) is 32.4 Å². The van der Waals surface area contributed by atoms with Crippen molar-refractivity contribution in [1.29, 1.82) is 0 Å². The minimum absolute atomic E-state index is 0.0190. The zero-order valence-electron chi connectivity index (χ0n) is 16.5. The van der Waals surface area contributed by atoms with Gasteiger partial charge in [0.05, 0.1) is 22.8 Å². The molecule has 3 aromatic heterocycles. The summed E-state index contributed by atoms with van der Waals surface area (Å²) in [5.41, 5.74) is 2.12. The first-order valence-corrected chi connectivity index (χ1v) is 9.50. The molecule has 158 valence electrons. The highest BCUT2D eigenvalue weighted by Crippen LogP contribution is 2.36. The zero-order chi connectivity index (χ0) is 21.9. The summed E-state index contributed by atoms with van der Waals surface area (Å²) in [6.07, 6.45) is -4.57. The summed E-state index contributed by atoms with van der Waals surface area (Å²) in [6.45, 7) is 3.64. The molecular formula is C21H16F3N5O2. The number of nitrogens with zero attached hydrogens (tertiary/aromatic N) is 4. The van der Waals surface area contributed by atoms with E-state index in [1.54, 1.807) is 6.92 Å². The highest BCUT2D eigenvalue weighted by atomic mass is 19.4. The maximum absolute atomic E-state index is 13.1. The lowest BCUT2D eigenvalue weighted by Crippen LogP contribution is -2.33. The van der Waals surface area contributed by atoms with Gasteiger partial charge in [-0.2, -0.15) is 23.0 Å². The van der Waals surface area contributed by atoms with Crippen LogP contribution < -0.4 is 10.1 Å². The Labute approximate surface area is 173 Å². The van der Waals surface area contributed by atoms with E-state index < -0.39 is 23.9 Å². The van der Waals surface area contributed by atoms with E-state index in [0.29, 0.717) is 16.8 Å². The number of fused-ring (bicyclic) bond motifs is 4. The van der Waals surface area contributed by atoms with Crippen molar-refractivity contribution in [3.05, 3.63) is 59.0 Å². The number of hydrogen-bond acceptors (Lipinski definition) is 5. The van der Waals surface area contributed by atoms with Crippen LogP contribution in [0.25, 0.3) is 21.8 Å². The topological polar surface area (TPSA) is 81.9 Å². The molecule has 1 aliphatic rings. The Hall–Kier alpha value is -3.69. The fourth-order valence-electron chi connectivity index (χ4n) is 3.94. The van der Waals surface area contributed by atoms with Gasteiger partial charge in [0.2, 0.25) is 5.88 Å². The summed E-state index contributed by atoms with van der Waals surface area (Å²) >= 11 is 0. The average Bonchev–Trinajstić information content (AvgIpc) is 3.29. The van der Waals surface area contributed by atoms with E-state index >= 15 is 0 Å². The molecule has 5 rings (SSSR count). The fourth-order valence-corrected chi connectivity index (χ4v) is 3.94. The Morgan fingerprint density at radius 1 is 1.13 bits per heavy atom. The van der Waals surface area contributed by atoms with E-state index in [1.165, 1.54) is 10.7 Å². The van der Waals surface area contributed by atoms with Crippen molar-refractivity contribution in [2.24, 2.45) is 0 Å². The molecular weight excluding hydrogens is 411 g/mol. The van der Waals surface area contributed by atoms with Crippen LogP contribution in [0.1, 0.15) is 28.7 Å². The maximum Gasteiger partial charge on any atom is 0.433 e. The van der Waals surface area contributed by atoms with Crippen LogP contribution in [0.15, 0.2) is 36.4 Å². The molecule has 1 atom stereocenters. The Bertz CT molecular complexity index is 1360. The van der Waals surface area contributed by atoms with Crippen molar-refractivity contribution >= 4 is 27.8 Å². The Morgan fingerprint density at radius 2 is 1.90 bits per heavy atom. The zero-order valence-corrected chi connectivity index (χ0v) is 16.5. The molecule has 0 saturated heterocycles. The number of ether oxygens (including phenoxy) is 1. The molecule has 7 nitrogen and oxygen atoms in total. The van der Waals surface area contributed by atoms with Crippen molar-refractivity contribution < 1.29 is 22.7 Å². The second-order valence-corrected chi connectivity index (χ2v) is 7.34. The molecule has 4 heterocycles. The molecule has 1 aliphatic heterocycles. The number of benzene rings is 1. The van der Waals surface area contributed by atoms with Crippen LogP contribution in [0.4, 0.5) is 18.0 Å². The highest BCUT2D eigenvalue weighted by Gasteiger charge is 2.36. The molecule has 0 aliphatic carbocycles. The number of nitrogens with one attached hydrogen (secondary N) is 1. The standard InChI is InChI=1S/C21H16F3N5O2/c1-10-17-11(2)28-29(18(17)12-5-3-4-6-14(12)25-10)20(30)26-15-9-31-19-13(15)7-8-16(27-19)21(22,23)24/h3-8,15H,9H2,1-2H3,(H,26,30)/t15-/m0/s1. The number of alkyl halides is 3. The van der Waals surface area contributed by atoms with Crippen molar-refractivity contribution in [3.8, 4) is 5.88 Å². The number of aryl methyl sites for hydroxylation is 2. The summed E-state index contributed by atoms with van der Waals surface area (Å²) in [7, 11) is 0. The van der Waals surface area contributed by atoms with Gasteiger partial charge < -0.3 is 10.1 Å². The Kier molecular flexibility index (Phi) is 4.14. The summed E-state index contributed by atoms with van der Waals surface area (Å²) in [4.78, 5) is 21.3. The van der Waals surface area contributed by atoms with Gasteiger partial charge in [0, 0.05) is 22.0 Å². The predicted octanol–water partition coefficient (Wildman–Crippen LogP) is 4.31. The molecule has 0 bridgehead atoms. The van der Waals surface area contributed by atoms with Crippen LogP contribution >= 0.6 is 0 Å². The number of para-hydroxylation sites is 1. The average molecular weight is 427 g/mol. The molecule has 1 aromatic carbocycles. The van der Waals surface area contributed by atoms with E-state index in [-0.39, 0.29) is 12.5 Å². The third kappa shape index (κ3) is 3.06. The quantitative estimate of drug-likeness (QED) is 0.490. The van der Waals surface area contributed by atoms with Gasteiger partial charge >= 0.3 is 12.2 Å². The van der Waals surface area contributed by atoms with Gasteiger partial charge in [0.25, 0.3) is 0 Å². The summed E-state index contributed by atoms with van der Waals surface area (Å²) in [5.74, 6) is -0.132. The number of carbonyl (C=O) groups excluding carboxylic acids is 1. The van der Waals surface area contributed by atoms with E-state index in [1.807, 2.05) is 31.2 Å². The second kappa shape index (κ2) is 6.66. The number of halogens is 3. The van der Waals surface area contributed by atoms with Crippen LogP contribution in [0.3, 0.4) is 0 Å². The van der Waals surface area contributed by atoms with Crippen LogP contribution in [0.2, 0.25) is 0 Å². The van der Waals surface area contributed by atoms with Crippen molar-refractivity contribution in [3.63, 3.8) is 0 Å². The predicted molar refractivity (Wildman–Crippen MR) is 106 cm³/mol. The summed E-state index contributed by atoms with van der Waals surface area (Å²) in [5, 5.41) is 8.76. The molecule has 0 fully saturated rings. The molecule has 1 amide bonds. The first-order chi connectivity index (χ1) is 14.7. The molecule has 10 heteroatoms.